The molecule has 212 valence electrons. The fourth-order valence-corrected chi connectivity index (χ4v) is 8.94. The Hall–Kier alpha value is -2.88. The van der Waals surface area contributed by atoms with Gasteiger partial charge in [0, 0.05) is 41.8 Å². The molecule has 2 aliphatic carbocycles. The summed E-state index contributed by atoms with van der Waals surface area (Å²) < 4.78 is 36.9. The van der Waals surface area contributed by atoms with E-state index in [-0.39, 0.29) is 27.8 Å². The van der Waals surface area contributed by atoms with E-state index in [1.807, 2.05) is 42.5 Å². The quantitative estimate of drug-likeness (QED) is 0.335. The summed E-state index contributed by atoms with van der Waals surface area (Å²) in [6.07, 6.45) is 8.58. The lowest BCUT2D eigenvalue weighted by Gasteiger charge is -2.37. The van der Waals surface area contributed by atoms with Crippen molar-refractivity contribution in [3.8, 4) is 16.2 Å². The first-order valence-corrected chi connectivity index (χ1v) is 16.5. The average Bonchev–Trinajstić information content (AvgIpc) is 3.30. The van der Waals surface area contributed by atoms with E-state index in [2.05, 4.69) is 4.90 Å². The van der Waals surface area contributed by atoms with Crippen molar-refractivity contribution in [1.29, 1.82) is 0 Å². The van der Waals surface area contributed by atoms with E-state index in [1.54, 1.807) is 24.3 Å². The van der Waals surface area contributed by atoms with Crippen molar-refractivity contribution in [2.45, 2.75) is 75.3 Å². The Balaban J connectivity index is 1.56. The van der Waals surface area contributed by atoms with Crippen molar-refractivity contribution in [2.75, 3.05) is 18.5 Å². The Labute approximate surface area is 240 Å². The smallest absolute Gasteiger partial charge is 0.346 e. The summed E-state index contributed by atoms with van der Waals surface area (Å²) >= 11 is 1.16. The minimum atomic E-state index is -3.86. The molecule has 1 atom stereocenters. The molecule has 0 spiro atoms. The second-order valence-electron chi connectivity index (χ2n) is 11.3. The normalized spacial score (nSPS) is 21.9. The second kappa shape index (κ2) is 10.8. The summed E-state index contributed by atoms with van der Waals surface area (Å²) in [5.41, 5.74) is 2.84. The molecule has 3 aromatic rings. The Morgan fingerprint density at radius 3 is 2.35 bits per heavy atom. The fourth-order valence-electron chi connectivity index (χ4n) is 6.30. The lowest BCUT2D eigenvalue weighted by molar-refractivity contribution is 0.0701. The van der Waals surface area contributed by atoms with Gasteiger partial charge in [-0.2, -0.15) is 4.31 Å². The lowest BCUT2D eigenvalue weighted by atomic mass is 9.83. The number of carboxylic acids is 1. The van der Waals surface area contributed by atoms with Crippen molar-refractivity contribution < 1.29 is 23.1 Å². The molecule has 1 aliphatic heterocycles. The number of aryl methyl sites for hydroxylation is 1. The number of fused-ring (bicyclic) bond motifs is 1. The maximum atomic E-state index is 14.4. The standard InChI is InChI=1S/C31H36N2O5S2/c1-20-16-28(39-30(20)31(34)35)24-17-29-25(18-27(24)38-23-14-9-15-23)33(22-12-7-4-8-13-22)19-26(32(2)40(29,36)37)21-10-5-3-6-11-21/h4,7-8,12-13,16-18,21,23,26H,3,5-6,9-11,14-15,19H2,1-2H3,(H,34,35)/t26-/m0/s1. The molecule has 0 radical (unpaired) electrons. The molecule has 2 aromatic carbocycles. The highest BCUT2D eigenvalue weighted by molar-refractivity contribution is 7.89. The summed E-state index contributed by atoms with van der Waals surface area (Å²) in [5.74, 6) is -0.0864. The van der Waals surface area contributed by atoms with Crippen LogP contribution in [0, 0.1) is 12.8 Å². The third kappa shape index (κ3) is 4.92. The molecule has 0 unspecified atom stereocenters. The number of ether oxygens (including phenoxy) is 1. The van der Waals surface area contributed by atoms with Crippen LogP contribution >= 0.6 is 11.3 Å². The predicted octanol–water partition coefficient (Wildman–Crippen LogP) is 7.07. The van der Waals surface area contributed by atoms with Crippen LogP contribution in [0.25, 0.3) is 10.4 Å². The number of thiophene rings is 1. The summed E-state index contributed by atoms with van der Waals surface area (Å²) in [7, 11) is -2.13. The number of para-hydroxylation sites is 1. The van der Waals surface area contributed by atoms with Gasteiger partial charge in [0.1, 0.15) is 15.5 Å². The number of likely N-dealkylation sites (N-methyl/N-ethyl adjacent to an activating group) is 1. The number of rotatable bonds is 6. The van der Waals surface area contributed by atoms with Crippen LogP contribution in [-0.2, 0) is 10.0 Å². The minimum Gasteiger partial charge on any atom is -0.490 e. The monoisotopic (exact) mass is 580 g/mol. The first-order chi connectivity index (χ1) is 19.2. The van der Waals surface area contributed by atoms with Crippen LogP contribution in [0.5, 0.6) is 5.75 Å². The molecule has 0 bridgehead atoms. The summed E-state index contributed by atoms with van der Waals surface area (Å²) in [5, 5.41) is 9.72. The number of hydrogen-bond donors (Lipinski definition) is 1. The number of carboxylic acid groups (broad SMARTS) is 1. The molecule has 6 rings (SSSR count). The van der Waals surface area contributed by atoms with Crippen LogP contribution in [0.15, 0.2) is 53.4 Å². The number of sulfonamides is 1. The average molecular weight is 581 g/mol. The van der Waals surface area contributed by atoms with E-state index in [1.165, 1.54) is 6.42 Å². The van der Waals surface area contributed by atoms with Crippen molar-refractivity contribution in [3.05, 3.63) is 59.0 Å². The molecule has 2 saturated carbocycles. The summed E-state index contributed by atoms with van der Waals surface area (Å²) in [6.45, 7) is 2.33. The zero-order valence-corrected chi connectivity index (χ0v) is 24.6. The number of aromatic carboxylic acids is 1. The largest absolute Gasteiger partial charge is 0.490 e. The van der Waals surface area contributed by atoms with Gasteiger partial charge in [-0.3, -0.25) is 0 Å². The molecule has 1 aromatic heterocycles. The van der Waals surface area contributed by atoms with Crippen LogP contribution < -0.4 is 9.64 Å². The Bertz CT molecular complexity index is 1510. The number of nitrogens with zero attached hydrogens (tertiary/aromatic N) is 2. The van der Waals surface area contributed by atoms with Gasteiger partial charge in [0.2, 0.25) is 10.0 Å². The molecule has 0 saturated heterocycles. The third-order valence-electron chi connectivity index (χ3n) is 8.83. The maximum absolute atomic E-state index is 14.4. The van der Waals surface area contributed by atoms with Gasteiger partial charge in [0.05, 0.1) is 11.8 Å². The fraction of sp³-hybridized carbons (Fsp3) is 0.452. The Morgan fingerprint density at radius 1 is 1.00 bits per heavy atom. The van der Waals surface area contributed by atoms with Gasteiger partial charge in [0.25, 0.3) is 0 Å². The van der Waals surface area contributed by atoms with Crippen LogP contribution in [0.3, 0.4) is 0 Å². The molecule has 40 heavy (non-hydrogen) atoms. The number of carbonyl (C=O) groups is 1. The zero-order chi connectivity index (χ0) is 28.0. The first-order valence-electron chi connectivity index (χ1n) is 14.2. The van der Waals surface area contributed by atoms with E-state index in [4.69, 9.17) is 4.74 Å². The molecule has 3 aliphatic rings. The second-order valence-corrected chi connectivity index (χ2v) is 14.4. The molecule has 2 heterocycles. The van der Waals surface area contributed by atoms with Crippen LogP contribution in [0.1, 0.15) is 66.6 Å². The number of hydrogen-bond acceptors (Lipinski definition) is 6. The van der Waals surface area contributed by atoms with E-state index >= 15 is 0 Å². The third-order valence-corrected chi connectivity index (χ3v) is 12.0. The molecular weight excluding hydrogens is 544 g/mol. The molecular formula is C31H36N2O5S2. The lowest BCUT2D eigenvalue weighted by Crippen LogP contribution is -2.46. The predicted molar refractivity (Wildman–Crippen MR) is 158 cm³/mol. The molecule has 1 N–H and O–H groups in total. The first kappa shape index (κ1) is 27.3. The summed E-state index contributed by atoms with van der Waals surface area (Å²) in [4.78, 5) is 15.2. The van der Waals surface area contributed by atoms with E-state index < -0.39 is 16.0 Å². The number of benzene rings is 2. The van der Waals surface area contributed by atoms with Crippen molar-refractivity contribution in [2.24, 2.45) is 5.92 Å². The van der Waals surface area contributed by atoms with Gasteiger partial charge in [-0.25, -0.2) is 13.2 Å². The molecule has 0 amide bonds. The van der Waals surface area contributed by atoms with Gasteiger partial charge >= 0.3 is 5.97 Å². The van der Waals surface area contributed by atoms with Crippen molar-refractivity contribution in [1.82, 2.24) is 4.31 Å². The number of anilines is 2. The topological polar surface area (TPSA) is 87.2 Å². The van der Waals surface area contributed by atoms with Crippen LogP contribution in [0.2, 0.25) is 0 Å². The van der Waals surface area contributed by atoms with Crippen molar-refractivity contribution >= 4 is 38.7 Å². The molecule has 7 nitrogen and oxygen atoms in total. The highest BCUT2D eigenvalue weighted by Gasteiger charge is 2.41. The highest BCUT2D eigenvalue weighted by atomic mass is 32.2. The van der Waals surface area contributed by atoms with Crippen LogP contribution in [-0.4, -0.2) is 49.5 Å². The molecule has 9 heteroatoms. The SMILES string of the molecule is Cc1cc(-c2cc3c(cc2OC2CCC2)N(c2ccccc2)C[C@@H](C2CCCCC2)N(C)S3(=O)=O)sc1C(=O)O. The van der Waals surface area contributed by atoms with Gasteiger partial charge in [-0.15, -0.1) is 11.3 Å². The van der Waals surface area contributed by atoms with Gasteiger partial charge in [0.15, 0.2) is 0 Å². The Morgan fingerprint density at radius 2 is 1.73 bits per heavy atom. The van der Waals surface area contributed by atoms with E-state index in [0.717, 1.165) is 62.0 Å². The summed E-state index contributed by atoms with van der Waals surface area (Å²) in [6, 6.07) is 15.3. The van der Waals surface area contributed by atoms with Gasteiger partial charge < -0.3 is 14.7 Å². The Kier molecular flexibility index (Phi) is 7.39. The zero-order valence-electron chi connectivity index (χ0n) is 23.0. The van der Waals surface area contributed by atoms with Crippen LogP contribution in [0.4, 0.5) is 11.4 Å². The van der Waals surface area contributed by atoms with E-state index in [9.17, 15) is 18.3 Å². The highest BCUT2D eigenvalue weighted by Crippen LogP contribution is 2.47. The van der Waals surface area contributed by atoms with E-state index in [0.29, 0.717) is 34.0 Å². The minimum absolute atomic E-state index is 0.0713. The molecule has 2 fully saturated rings. The van der Waals surface area contributed by atoms with Crippen molar-refractivity contribution in [3.63, 3.8) is 0 Å². The van der Waals surface area contributed by atoms with Gasteiger partial charge in [-0.1, -0.05) is 37.5 Å². The van der Waals surface area contributed by atoms with Gasteiger partial charge in [-0.05, 0) is 74.8 Å². The maximum Gasteiger partial charge on any atom is 0.346 e.